The number of halogens is 1. The summed E-state index contributed by atoms with van der Waals surface area (Å²) in [5, 5.41) is 2.83. The molecule has 2 N–H and O–H groups in total. The van der Waals surface area contributed by atoms with Crippen LogP contribution in [-0.4, -0.2) is 30.4 Å². The first-order valence-corrected chi connectivity index (χ1v) is 10.8. The van der Waals surface area contributed by atoms with Crippen molar-refractivity contribution >= 4 is 37.5 Å². The van der Waals surface area contributed by atoms with Crippen LogP contribution in [0, 0.1) is 0 Å². The highest BCUT2D eigenvalue weighted by Crippen LogP contribution is 2.19. The molecule has 146 valence electrons. The number of nitrogens with zero attached hydrogens (tertiary/aromatic N) is 2. The van der Waals surface area contributed by atoms with Crippen molar-refractivity contribution in [3.63, 3.8) is 0 Å². The fraction of sp³-hybridized carbons (Fsp3) is 0.158. The van der Waals surface area contributed by atoms with E-state index in [1.807, 2.05) is 10.8 Å². The molecule has 0 aliphatic rings. The van der Waals surface area contributed by atoms with Gasteiger partial charge in [0, 0.05) is 41.2 Å². The van der Waals surface area contributed by atoms with Crippen LogP contribution in [0.4, 0.5) is 5.69 Å². The first kappa shape index (κ1) is 20.1. The summed E-state index contributed by atoms with van der Waals surface area (Å²) in [6.07, 6.45) is 6.06. The van der Waals surface area contributed by atoms with E-state index in [-0.39, 0.29) is 10.8 Å². The number of sulfonamides is 1. The van der Waals surface area contributed by atoms with Crippen molar-refractivity contribution in [1.29, 1.82) is 0 Å². The van der Waals surface area contributed by atoms with E-state index in [1.165, 1.54) is 18.2 Å². The summed E-state index contributed by atoms with van der Waals surface area (Å²) in [4.78, 5) is 16.4. The lowest BCUT2D eigenvalue weighted by Gasteiger charge is -2.10. The number of anilines is 1. The smallest absolute Gasteiger partial charge is 0.261 e. The van der Waals surface area contributed by atoms with E-state index in [0.29, 0.717) is 17.8 Å². The Morgan fingerprint density at radius 1 is 1.14 bits per heavy atom. The van der Waals surface area contributed by atoms with Crippen LogP contribution in [0.3, 0.4) is 0 Å². The average molecular weight is 463 g/mol. The van der Waals surface area contributed by atoms with Gasteiger partial charge in [-0.15, -0.1) is 0 Å². The SMILES string of the molecule is O=C(NCCCn1ccnc1)c1cccc(NS(=O)(=O)c2ccc(Br)cc2)c1. The van der Waals surface area contributed by atoms with E-state index in [9.17, 15) is 13.2 Å². The van der Waals surface area contributed by atoms with Gasteiger partial charge < -0.3 is 9.88 Å². The van der Waals surface area contributed by atoms with Gasteiger partial charge in [-0.1, -0.05) is 22.0 Å². The van der Waals surface area contributed by atoms with E-state index < -0.39 is 10.0 Å². The number of benzene rings is 2. The molecule has 28 heavy (non-hydrogen) atoms. The van der Waals surface area contributed by atoms with Gasteiger partial charge in [-0.2, -0.15) is 0 Å². The van der Waals surface area contributed by atoms with Crippen molar-refractivity contribution in [3.05, 3.63) is 77.3 Å². The summed E-state index contributed by atoms with van der Waals surface area (Å²) in [6.45, 7) is 1.26. The Morgan fingerprint density at radius 2 is 1.93 bits per heavy atom. The van der Waals surface area contributed by atoms with Gasteiger partial charge >= 0.3 is 0 Å². The molecule has 9 heteroatoms. The molecule has 3 aromatic rings. The highest BCUT2D eigenvalue weighted by atomic mass is 79.9. The maximum absolute atomic E-state index is 12.5. The maximum Gasteiger partial charge on any atom is 0.261 e. The molecule has 0 unspecified atom stereocenters. The molecular weight excluding hydrogens is 444 g/mol. The summed E-state index contributed by atoms with van der Waals surface area (Å²) in [7, 11) is -3.73. The molecule has 3 rings (SSSR count). The second kappa shape index (κ2) is 9.03. The molecule has 0 spiro atoms. The van der Waals surface area contributed by atoms with Crippen molar-refractivity contribution in [2.75, 3.05) is 11.3 Å². The van der Waals surface area contributed by atoms with Gasteiger partial charge in [0.15, 0.2) is 0 Å². The van der Waals surface area contributed by atoms with E-state index in [0.717, 1.165) is 17.4 Å². The van der Waals surface area contributed by atoms with E-state index in [2.05, 4.69) is 31.0 Å². The molecule has 0 aliphatic heterocycles. The average Bonchev–Trinajstić information content (AvgIpc) is 3.19. The van der Waals surface area contributed by atoms with Gasteiger partial charge in [0.2, 0.25) is 0 Å². The molecular formula is C19H19BrN4O3S. The normalized spacial score (nSPS) is 11.2. The number of imidazole rings is 1. The van der Waals surface area contributed by atoms with Gasteiger partial charge in [-0.05, 0) is 48.9 Å². The summed E-state index contributed by atoms with van der Waals surface area (Å²) < 4.78 is 30.2. The van der Waals surface area contributed by atoms with Crippen molar-refractivity contribution in [3.8, 4) is 0 Å². The Balaban J connectivity index is 1.59. The van der Waals surface area contributed by atoms with Crippen LogP contribution >= 0.6 is 15.9 Å². The maximum atomic E-state index is 12.5. The molecule has 0 bridgehead atoms. The molecule has 2 aromatic carbocycles. The third-order valence-electron chi connectivity index (χ3n) is 3.94. The van der Waals surface area contributed by atoms with Crippen LogP contribution in [-0.2, 0) is 16.6 Å². The Kier molecular flexibility index (Phi) is 6.48. The second-order valence-corrected chi connectivity index (χ2v) is 8.65. The number of aryl methyl sites for hydroxylation is 1. The highest BCUT2D eigenvalue weighted by molar-refractivity contribution is 9.10. The summed E-state index contributed by atoms with van der Waals surface area (Å²) >= 11 is 3.28. The molecule has 1 heterocycles. The van der Waals surface area contributed by atoms with Gasteiger partial charge in [0.05, 0.1) is 11.2 Å². The molecule has 1 amide bonds. The molecule has 0 saturated carbocycles. The van der Waals surface area contributed by atoms with Gasteiger partial charge in [0.25, 0.3) is 15.9 Å². The largest absolute Gasteiger partial charge is 0.352 e. The van der Waals surface area contributed by atoms with Crippen LogP contribution < -0.4 is 10.0 Å². The zero-order chi connectivity index (χ0) is 20.0. The second-order valence-electron chi connectivity index (χ2n) is 6.05. The first-order chi connectivity index (χ1) is 13.4. The van der Waals surface area contributed by atoms with Crippen LogP contribution in [0.5, 0.6) is 0 Å². The monoisotopic (exact) mass is 462 g/mol. The van der Waals surface area contributed by atoms with E-state index in [1.54, 1.807) is 42.9 Å². The standard InChI is InChI=1S/C19H19BrN4O3S/c20-16-5-7-18(8-6-16)28(26,27)23-17-4-1-3-15(13-17)19(25)22-9-2-11-24-12-10-21-14-24/h1,3-8,10,12-14,23H,2,9,11H2,(H,22,25). The first-order valence-electron chi connectivity index (χ1n) is 8.56. The number of aromatic nitrogens is 2. The van der Waals surface area contributed by atoms with Crippen LogP contribution in [0.25, 0.3) is 0 Å². The number of carbonyl (C=O) groups excluding carboxylic acids is 1. The molecule has 0 saturated heterocycles. The Hall–Kier alpha value is -2.65. The highest BCUT2D eigenvalue weighted by Gasteiger charge is 2.15. The summed E-state index contributed by atoms with van der Waals surface area (Å²) in [5.74, 6) is -0.254. The third-order valence-corrected chi connectivity index (χ3v) is 5.86. The molecule has 1 aromatic heterocycles. The molecule has 0 aliphatic carbocycles. The summed E-state index contributed by atoms with van der Waals surface area (Å²) in [6, 6.07) is 12.7. The zero-order valence-electron chi connectivity index (χ0n) is 14.9. The topological polar surface area (TPSA) is 93.1 Å². The fourth-order valence-corrected chi connectivity index (χ4v) is 3.85. The van der Waals surface area contributed by atoms with Crippen LogP contribution in [0.1, 0.15) is 16.8 Å². The molecule has 0 radical (unpaired) electrons. The van der Waals surface area contributed by atoms with Gasteiger partial charge in [-0.25, -0.2) is 13.4 Å². The Labute approximate surface area is 172 Å². The number of nitrogens with one attached hydrogen (secondary N) is 2. The van der Waals surface area contributed by atoms with Crippen molar-refractivity contribution in [1.82, 2.24) is 14.9 Å². The predicted molar refractivity (Wildman–Crippen MR) is 111 cm³/mol. The predicted octanol–water partition coefficient (Wildman–Crippen LogP) is 3.27. The number of hydrogen-bond acceptors (Lipinski definition) is 4. The van der Waals surface area contributed by atoms with Gasteiger partial charge in [-0.3, -0.25) is 9.52 Å². The minimum absolute atomic E-state index is 0.144. The van der Waals surface area contributed by atoms with Crippen molar-refractivity contribution in [2.24, 2.45) is 0 Å². The number of amides is 1. The Morgan fingerprint density at radius 3 is 2.64 bits per heavy atom. The Bertz CT molecular complexity index is 1040. The number of rotatable bonds is 8. The lowest BCUT2D eigenvalue weighted by atomic mass is 10.2. The van der Waals surface area contributed by atoms with Crippen LogP contribution in [0.2, 0.25) is 0 Å². The number of carbonyl (C=O) groups is 1. The van der Waals surface area contributed by atoms with Crippen LogP contribution in [0.15, 0.2) is 76.6 Å². The van der Waals surface area contributed by atoms with E-state index >= 15 is 0 Å². The third kappa shape index (κ3) is 5.43. The molecule has 7 nitrogen and oxygen atoms in total. The zero-order valence-corrected chi connectivity index (χ0v) is 17.3. The lowest BCUT2D eigenvalue weighted by Crippen LogP contribution is -2.25. The number of hydrogen-bond donors (Lipinski definition) is 2. The molecule has 0 fully saturated rings. The van der Waals surface area contributed by atoms with Crippen molar-refractivity contribution in [2.45, 2.75) is 17.9 Å². The van der Waals surface area contributed by atoms with E-state index in [4.69, 9.17) is 0 Å². The quantitative estimate of drug-likeness (QED) is 0.502. The van der Waals surface area contributed by atoms with Crippen molar-refractivity contribution < 1.29 is 13.2 Å². The lowest BCUT2D eigenvalue weighted by molar-refractivity contribution is 0.0952. The fourth-order valence-electron chi connectivity index (χ4n) is 2.54. The minimum atomic E-state index is -3.73. The molecule has 0 atom stereocenters. The minimum Gasteiger partial charge on any atom is -0.352 e. The van der Waals surface area contributed by atoms with Gasteiger partial charge in [0.1, 0.15) is 0 Å². The summed E-state index contributed by atoms with van der Waals surface area (Å²) in [5.41, 5.74) is 0.715.